The van der Waals surface area contributed by atoms with E-state index in [4.69, 9.17) is 10.5 Å². The molecule has 1 aliphatic carbocycles. The molecule has 3 nitrogen and oxygen atoms in total. The lowest BCUT2D eigenvalue weighted by Crippen LogP contribution is -2.30. The molecule has 17 heavy (non-hydrogen) atoms. The largest absolute Gasteiger partial charge is 0.497 e. The summed E-state index contributed by atoms with van der Waals surface area (Å²) in [5.74, 6) is 1.54. The van der Waals surface area contributed by atoms with Crippen molar-refractivity contribution in [3.8, 4) is 5.75 Å². The molecule has 0 heterocycles. The van der Waals surface area contributed by atoms with Gasteiger partial charge in [0.25, 0.3) is 0 Å². The molecule has 0 spiro atoms. The fraction of sp³-hybridized carbons (Fsp3) is 0.571. The minimum absolute atomic E-state index is 0.555. The maximum absolute atomic E-state index is 6.02. The van der Waals surface area contributed by atoms with E-state index in [1.165, 1.54) is 25.7 Å². The smallest absolute Gasteiger partial charge is 0.121 e. The van der Waals surface area contributed by atoms with Crippen LogP contribution >= 0.6 is 0 Å². The van der Waals surface area contributed by atoms with Crippen molar-refractivity contribution in [1.29, 1.82) is 0 Å². The van der Waals surface area contributed by atoms with Crippen LogP contribution in [0.3, 0.4) is 0 Å². The Morgan fingerprint density at radius 1 is 1.29 bits per heavy atom. The van der Waals surface area contributed by atoms with Gasteiger partial charge in [-0.2, -0.15) is 0 Å². The average molecular weight is 234 g/mol. The third-order valence-corrected chi connectivity index (χ3v) is 3.71. The van der Waals surface area contributed by atoms with Gasteiger partial charge in [-0.05, 0) is 30.9 Å². The van der Waals surface area contributed by atoms with Crippen molar-refractivity contribution in [2.24, 2.45) is 5.92 Å². The van der Waals surface area contributed by atoms with Crippen LogP contribution in [0.5, 0.6) is 5.75 Å². The van der Waals surface area contributed by atoms with Crippen LogP contribution in [0.1, 0.15) is 32.6 Å². The number of ether oxygens (including phenoxy) is 1. The lowest BCUT2D eigenvalue weighted by Gasteiger charge is -2.30. The van der Waals surface area contributed by atoms with E-state index in [0.29, 0.717) is 6.04 Å². The molecule has 2 rings (SSSR count). The maximum Gasteiger partial charge on any atom is 0.121 e. The van der Waals surface area contributed by atoms with Crippen LogP contribution in [-0.2, 0) is 0 Å². The molecule has 1 aliphatic rings. The molecule has 2 atom stereocenters. The number of nitrogens with two attached hydrogens (primary N) is 1. The zero-order chi connectivity index (χ0) is 12.3. The average Bonchev–Trinajstić information content (AvgIpc) is 2.34. The van der Waals surface area contributed by atoms with Gasteiger partial charge in [0, 0.05) is 12.1 Å². The molecule has 0 bridgehead atoms. The van der Waals surface area contributed by atoms with Crippen molar-refractivity contribution >= 4 is 11.4 Å². The first-order valence-electron chi connectivity index (χ1n) is 6.40. The minimum Gasteiger partial charge on any atom is -0.497 e. The normalized spacial score (nSPS) is 24.4. The number of hydrogen-bond donors (Lipinski definition) is 2. The van der Waals surface area contributed by atoms with Crippen LogP contribution < -0.4 is 15.8 Å². The molecule has 0 aliphatic heterocycles. The molecule has 3 N–H and O–H groups in total. The van der Waals surface area contributed by atoms with Gasteiger partial charge in [0.05, 0.1) is 18.5 Å². The Bertz CT molecular complexity index is 378. The molecule has 0 saturated heterocycles. The summed E-state index contributed by atoms with van der Waals surface area (Å²) in [5, 5.41) is 3.57. The molecule has 0 radical (unpaired) electrons. The molecule has 0 aromatic heterocycles. The molecule has 1 saturated carbocycles. The van der Waals surface area contributed by atoms with Gasteiger partial charge < -0.3 is 15.8 Å². The van der Waals surface area contributed by atoms with Crippen molar-refractivity contribution in [2.45, 2.75) is 38.6 Å². The number of anilines is 2. The highest BCUT2D eigenvalue weighted by molar-refractivity contribution is 5.68. The zero-order valence-corrected chi connectivity index (χ0v) is 10.7. The summed E-state index contributed by atoms with van der Waals surface area (Å²) in [7, 11) is 1.66. The number of nitrogen functional groups attached to an aromatic ring is 1. The number of rotatable bonds is 3. The second-order valence-electron chi connectivity index (χ2n) is 4.97. The molecule has 3 heteroatoms. The molecule has 1 fully saturated rings. The lowest BCUT2D eigenvalue weighted by atomic mass is 9.86. The summed E-state index contributed by atoms with van der Waals surface area (Å²) in [5.41, 5.74) is 7.81. The second kappa shape index (κ2) is 5.30. The molecule has 2 unspecified atom stereocenters. The Morgan fingerprint density at radius 2 is 2.06 bits per heavy atom. The first kappa shape index (κ1) is 12.1. The summed E-state index contributed by atoms with van der Waals surface area (Å²) < 4.78 is 5.15. The SMILES string of the molecule is COc1ccc(NC2CCCCC2C)c(N)c1. The van der Waals surface area contributed by atoms with Crippen LogP contribution in [0.4, 0.5) is 11.4 Å². The summed E-state index contributed by atoms with van der Waals surface area (Å²) in [4.78, 5) is 0. The van der Waals surface area contributed by atoms with E-state index in [-0.39, 0.29) is 0 Å². The number of methoxy groups -OCH3 is 1. The van der Waals surface area contributed by atoms with Crippen molar-refractivity contribution in [3.05, 3.63) is 18.2 Å². The predicted octanol–water partition coefficient (Wildman–Crippen LogP) is 3.27. The van der Waals surface area contributed by atoms with Crippen LogP contribution in [0.2, 0.25) is 0 Å². The monoisotopic (exact) mass is 234 g/mol. The molecule has 94 valence electrons. The van der Waals surface area contributed by atoms with E-state index in [0.717, 1.165) is 23.0 Å². The summed E-state index contributed by atoms with van der Waals surface area (Å²) in [6.45, 7) is 2.32. The number of nitrogens with one attached hydrogen (secondary N) is 1. The van der Waals surface area contributed by atoms with Crippen molar-refractivity contribution < 1.29 is 4.74 Å². The van der Waals surface area contributed by atoms with Gasteiger partial charge in [0.1, 0.15) is 5.75 Å². The fourth-order valence-electron chi connectivity index (χ4n) is 2.53. The van der Waals surface area contributed by atoms with E-state index >= 15 is 0 Å². The topological polar surface area (TPSA) is 47.3 Å². The number of hydrogen-bond acceptors (Lipinski definition) is 3. The van der Waals surface area contributed by atoms with Gasteiger partial charge in [0.15, 0.2) is 0 Å². The lowest BCUT2D eigenvalue weighted by molar-refractivity contribution is 0.349. The van der Waals surface area contributed by atoms with E-state index in [2.05, 4.69) is 12.2 Å². The molecule has 1 aromatic rings. The highest BCUT2D eigenvalue weighted by Gasteiger charge is 2.21. The summed E-state index contributed by atoms with van der Waals surface area (Å²) in [6.07, 6.45) is 5.23. The Balaban J connectivity index is 2.07. The van der Waals surface area contributed by atoms with Gasteiger partial charge in [0.2, 0.25) is 0 Å². The van der Waals surface area contributed by atoms with Crippen LogP contribution in [0.25, 0.3) is 0 Å². The molecule has 0 amide bonds. The quantitative estimate of drug-likeness (QED) is 0.789. The van der Waals surface area contributed by atoms with Crippen molar-refractivity contribution in [3.63, 3.8) is 0 Å². The standard InChI is InChI=1S/C14H22N2O/c1-10-5-3-4-6-13(10)16-14-8-7-11(17-2)9-12(14)15/h7-10,13,16H,3-6,15H2,1-2H3. The summed E-state index contributed by atoms with van der Waals surface area (Å²) in [6, 6.07) is 6.39. The van der Waals surface area contributed by atoms with E-state index < -0.39 is 0 Å². The first-order valence-corrected chi connectivity index (χ1v) is 6.40. The van der Waals surface area contributed by atoms with E-state index in [1.807, 2.05) is 18.2 Å². The van der Waals surface area contributed by atoms with E-state index in [1.54, 1.807) is 7.11 Å². The van der Waals surface area contributed by atoms with Crippen molar-refractivity contribution in [1.82, 2.24) is 0 Å². The van der Waals surface area contributed by atoms with Crippen LogP contribution in [0.15, 0.2) is 18.2 Å². The van der Waals surface area contributed by atoms with Crippen LogP contribution in [0, 0.1) is 5.92 Å². The number of benzene rings is 1. The molecular formula is C14H22N2O. The van der Waals surface area contributed by atoms with Gasteiger partial charge in [-0.15, -0.1) is 0 Å². The molecular weight excluding hydrogens is 212 g/mol. The Hall–Kier alpha value is -1.38. The predicted molar refractivity (Wildman–Crippen MR) is 72.4 cm³/mol. The Labute approximate surface area is 103 Å². The van der Waals surface area contributed by atoms with Gasteiger partial charge in [-0.25, -0.2) is 0 Å². The Morgan fingerprint density at radius 3 is 2.71 bits per heavy atom. The van der Waals surface area contributed by atoms with Gasteiger partial charge in [-0.3, -0.25) is 0 Å². The minimum atomic E-state index is 0.555. The maximum atomic E-state index is 6.02. The summed E-state index contributed by atoms with van der Waals surface area (Å²) >= 11 is 0. The zero-order valence-electron chi connectivity index (χ0n) is 10.7. The van der Waals surface area contributed by atoms with Gasteiger partial charge in [-0.1, -0.05) is 19.8 Å². The Kier molecular flexibility index (Phi) is 3.77. The third kappa shape index (κ3) is 2.84. The highest BCUT2D eigenvalue weighted by Crippen LogP contribution is 2.30. The first-order chi connectivity index (χ1) is 8.20. The van der Waals surface area contributed by atoms with E-state index in [9.17, 15) is 0 Å². The second-order valence-corrected chi connectivity index (χ2v) is 4.97. The highest BCUT2D eigenvalue weighted by atomic mass is 16.5. The van der Waals surface area contributed by atoms with Crippen molar-refractivity contribution in [2.75, 3.05) is 18.2 Å². The van der Waals surface area contributed by atoms with Crippen LogP contribution in [-0.4, -0.2) is 13.2 Å². The molecule has 1 aromatic carbocycles. The third-order valence-electron chi connectivity index (χ3n) is 3.71. The fourth-order valence-corrected chi connectivity index (χ4v) is 2.53. The van der Waals surface area contributed by atoms with Gasteiger partial charge >= 0.3 is 0 Å².